The van der Waals surface area contributed by atoms with Gasteiger partial charge in [-0.1, -0.05) is 17.7 Å². The molecule has 2 heterocycles. The molecular weight excluding hydrogens is 400 g/mol. The van der Waals surface area contributed by atoms with E-state index in [1.165, 1.54) is 11.3 Å². The minimum atomic E-state index is -1.83. The van der Waals surface area contributed by atoms with Crippen LogP contribution in [0.25, 0.3) is 12.2 Å². The quantitative estimate of drug-likeness (QED) is 0.342. The van der Waals surface area contributed by atoms with E-state index in [4.69, 9.17) is 5.11 Å². The fourth-order valence-corrected chi connectivity index (χ4v) is 4.16. The third-order valence-corrected chi connectivity index (χ3v) is 5.91. The topological polar surface area (TPSA) is 121 Å². The molecule has 28 heavy (non-hydrogen) atoms. The van der Waals surface area contributed by atoms with Gasteiger partial charge in [0.2, 0.25) is 0 Å². The summed E-state index contributed by atoms with van der Waals surface area (Å²) in [4.78, 5) is 1.93. The smallest absolute Gasteiger partial charge is 0.112 e. The maximum Gasteiger partial charge on any atom is 0.112 e. The molecule has 8 heteroatoms. The third-order valence-electron chi connectivity index (χ3n) is 4.27. The Bertz CT molecular complexity index is 754. The maximum absolute atomic E-state index is 10.7. The molecule has 2 aromatic heterocycles. The molecule has 0 amide bonds. The van der Waals surface area contributed by atoms with Gasteiger partial charge >= 0.3 is 0 Å². The number of hydrogen-bond acceptors (Lipinski definition) is 8. The van der Waals surface area contributed by atoms with Crippen LogP contribution in [0, 0.1) is 0 Å². The highest BCUT2D eigenvalue weighted by atomic mass is 32.1. The van der Waals surface area contributed by atoms with Crippen LogP contribution in [0.3, 0.4) is 0 Å². The first-order chi connectivity index (χ1) is 13.3. The Kier molecular flexibility index (Phi) is 9.00. The summed E-state index contributed by atoms with van der Waals surface area (Å²) >= 11 is 3.05. The second-order valence-corrected chi connectivity index (χ2v) is 8.54. The van der Waals surface area contributed by atoms with Gasteiger partial charge in [0.25, 0.3) is 0 Å². The first-order valence-corrected chi connectivity index (χ1v) is 10.5. The summed E-state index contributed by atoms with van der Waals surface area (Å²) in [5.41, 5.74) is 1.41. The van der Waals surface area contributed by atoms with Crippen LogP contribution in [0.5, 0.6) is 0 Å². The summed E-state index contributed by atoms with van der Waals surface area (Å²) in [6, 6.07) is 7.64. The molecule has 2 aromatic rings. The van der Waals surface area contributed by atoms with Crippen LogP contribution in [-0.2, 0) is 0 Å². The van der Waals surface area contributed by atoms with Gasteiger partial charge in [-0.2, -0.15) is 0 Å². The minimum Gasteiger partial charge on any atom is -0.394 e. The second kappa shape index (κ2) is 11.0. The molecule has 0 fully saturated rings. The highest BCUT2D eigenvalue weighted by molar-refractivity contribution is 7.11. The first-order valence-electron chi connectivity index (χ1n) is 8.79. The van der Waals surface area contributed by atoms with Crippen LogP contribution in [0.2, 0.25) is 0 Å². The van der Waals surface area contributed by atoms with E-state index in [1.807, 2.05) is 48.0 Å². The molecule has 0 aromatic carbocycles. The molecule has 154 valence electrons. The Morgan fingerprint density at radius 1 is 0.893 bits per heavy atom. The Balaban J connectivity index is 2.23. The molecule has 0 aliphatic carbocycles. The summed E-state index contributed by atoms with van der Waals surface area (Å²) in [7, 11) is 0. The Morgan fingerprint density at radius 2 is 1.46 bits per heavy atom. The molecule has 0 spiro atoms. The summed E-state index contributed by atoms with van der Waals surface area (Å²) in [5, 5.41) is 63.2. The second-order valence-electron chi connectivity index (χ2n) is 6.58. The molecule has 5 atom stereocenters. The molecule has 0 saturated carbocycles. The fourth-order valence-electron chi connectivity index (χ4n) is 2.73. The van der Waals surface area contributed by atoms with Crippen molar-refractivity contribution in [3.63, 3.8) is 0 Å². The molecule has 0 radical (unpaired) electrons. The monoisotopic (exact) mass is 426 g/mol. The predicted octanol–water partition coefficient (Wildman–Crippen LogP) is 1.48. The van der Waals surface area contributed by atoms with Crippen LogP contribution in [0.15, 0.2) is 46.2 Å². The lowest BCUT2D eigenvalue weighted by Crippen LogP contribution is -2.50. The van der Waals surface area contributed by atoms with Crippen LogP contribution in [0.4, 0.5) is 0 Å². The van der Waals surface area contributed by atoms with Crippen molar-refractivity contribution in [1.82, 2.24) is 0 Å². The molecule has 6 nitrogen and oxygen atoms in total. The van der Waals surface area contributed by atoms with Crippen LogP contribution < -0.4 is 0 Å². The van der Waals surface area contributed by atoms with E-state index in [2.05, 4.69) is 0 Å². The number of rotatable bonds is 10. The molecule has 6 N–H and O–H groups in total. The fraction of sp³-hybridized carbons (Fsp3) is 0.400. The largest absolute Gasteiger partial charge is 0.394 e. The van der Waals surface area contributed by atoms with Crippen LogP contribution in [-0.4, -0.2) is 67.8 Å². The number of allylic oxidation sites excluding steroid dienone is 1. The van der Waals surface area contributed by atoms with Gasteiger partial charge in [0, 0.05) is 9.75 Å². The highest BCUT2D eigenvalue weighted by Crippen LogP contribution is 2.26. The van der Waals surface area contributed by atoms with Crippen molar-refractivity contribution in [2.24, 2.45) is 0 Å². The van der Waals surface area contributed by atoms with Crippen molar-refractivity contribution in [2.75, 3.05) is 6.61 Å². The molecule has 0 aliphatic heterocycles. The number of hydrogen-bond donors (Lipinski definition) is 6. The van der Waals surface area contributed by atoms with Gasteiger partial charge in [0.1, 0.15) is 30.5 Å². The number of aliphatic hydroxyl groups excluding tert-OH is 6. The number of thiophene rings is 2. The van der Waals surface area contributed by atoms with Crippen molar-refractivity contribution in [2.45, 2.75) is 43.9 Å². The van der Waals surface area contributed by atoms with E-state index in [-0.39, 0.29) is 0 Å². The lowest BCUT2D eigenvalue weighted by Gasteiger charge is -2.29. The summed E-state index contributed by atoms with van der Waals surface area (Å²) in [6.45, 7) is 1.13. The van der Waals surface area contributed by atoms with Gasteiger partial charge in [-0.25, -0.2) is 0 Å². The lowest BCUT2D eigenvalue weighted by atomic mass is 9.91. The van der Waals surface area contributed by atoms with Crippen molar-refractivity contribution in [3.05, 3.63) is 55.9 Å². The van der Waals surface area contributed by atoms with Gasteiger partial charge in [-0.3, -0.25) is 0 Å². The molecule has 2 rings (SSSR count). The standard InChI is InChI=1S/C20H26O6S2/c1-12(9-14-4-2-6-27-14)8-13(10-15-5-3-7-28-15)17(23)19(25)20(26)18(24)16(22)11-21/h2-7,9-10,16-26H,8,11H2,1H3/b12-9-,13-10+/t16-,17?,18+,19+,20-/m0/s1. The average Bonchev–Trinajstić information content (AvgIpc) is 3.38. The lowest BCUT2D eigenvalue weighted by molar-refractivity contribution is -0.134. The molecule has 0 saturated heterocycles. The van der Waals surface area contributed by atoms with Gasteiger partial charge in [-0.15, -0.1) is 22.7 Å². The SMILES string of the molecule is C/C(=C/c1cccs1)C/C(=C\c1cccs1)C(O)[C@@H](O)[C@@H](O)[C@H](O)[C@@H](O)CO. The minimum absolute atomic E-state index is 0.347. The van der Waals surface area contributed by atoms with E-state index in [9.17, 15) is 25.5 Å². The summed E-state index contributed by atoms with van der Waals surface area (Å²) < 4.78 is 0. The van der Waals surface area contributed by atoms with Crippen molar-refractivity contribution in [3.8, 4) is 0 Å². The zero-order valence-corrected chi connectivity index (χ0v) is 17.1. The van der Waals surface area contributed by atoms with Crippen LogP contribution in [0.1, 0.15) is 23.1 Å². The normalized spacial score (nSPS) is 18.5. The summed E-state index contributed by atoms with van der Waals surface area (Å²) in [6.07, 6.45) is -4.38. The van der Waals surface area contributed by atoms with Crippen molar-refractivity contribution >= 4 is 34.8 Å². The number of aliphatic hydroxyl groups is 6. The molecule has 1 unspecified atom stereocenters. The van der Waals surface area contributed by atoms with Gasteiger partial charge in [0.05, 0.1) is 6.61 Å². The zero-order valence-electron chi connectivity index (χ0n) is 15.4. The Labute approximate surface area is 172 Å². The molecule has 0 bridgehead atoms. The van der Waals surface area contributed by atoms with Gasteiger partial charge in [-0.05, 0) is 54.0 Å². The van der Waals surface area contributed by atoms with Crippen molar-refractivity contribution < 1.29 is 30.6 Å². The maximum atomic E-state index is 10.7. The highest BCUT2D eigenvalue weighted by Gasteiger charge is 2.35. The van der Waals surface area contributed by atoms with E-state index in [0.29, 0.717) is 12.0 Å². The van der Waals surface area contributed by atoms with Crippen LogP contribution >= 0.6 is 22.7 Å². The van der Waals surface area contributed by atoms with E-state index < -0.39 is 37.1 Å². The average molecular weight is 427 g/mol. The zero-order chi connectivity index (χ0) is 20.7. The third kappa shape index (κ3) is 6.33. The van der Waals surface area contributed by atoms with E-state index >= 15 is 0 Å². The first kappa shape index (κ1) is 22.9. The van der Waals surface area contributed by atoms with Gasteiger partial charge in [0.15, 0.2) is 0 Å². The predicted molar refractivity (Wildman–Crippen MR) is 112 cm³/mol. The van der Waals surface area contributed by atoms with Gasteiger partial charge < -0.3 is 30.6 Å². The summed E-state index contributed by atoms with van der Waals surface area (Å²) in [5.74, 6) is 0. The molecular formula is C20H26O6S2. The Hall–Kier alpha value is -1.36. The Morgan fingerprint density at radius 3 is 1.96 bits per heavy atom. The van der Waals surface area contributed by atoms with E-state index in [0.717, 1.165) is 15.3 Å². The molecule has 0 aliphatic rings. The van der Waals surface area contributed by atoms with E-state index in [1.54, 1.807) is 17.4 Å². The van der Waals surface area contributed by atoms with Crippen molar-refractivity contribution in [1.29, 1.82) is 0 Å².